The minimum Gasteiger partial charge on any atom is -0.263 e. The minimum atomic E-state index is -0.452. The Morgan fingerprint density at radius 3 is 1.49 bits per heavy atom. The Hall–Kier alpha value is -6.04. The monoisotopic (exact) mass is 572 g/mol. The van der Waals surface area contributed by atoms with Crippen LogP contribution in [0.5, 0.6) is 0 Å². The van der Waals surface area contributed by atoms with Gasteiger partial charge in [-0.2, -0.15) is 5.26 Å². The van der Waals surface area contributed by atoms with Gasteiger partial charge in [-0.3, -0.25) is 4.98 Å². The van der Waals surface area contributed by atoms with E-state index >= 15 is 0 Å². The lowest BCUT2D eigenvalue weighted by Gasteiger charge is -2.34. The number of nitriles is 1. The highest BCUT2D eigenvalue weighted by Crippen LogP contribution is 2.57. The molecule has 210 valence electrons. The van der Waals surface area contributed by atoms with Crippen LogP contribution in [0.15, 0.2) is 170 Å². The number of hydrogen-bond donors (Lipinski definition) is 0. The molecule has 0 saturated heterocycles. The van der Waals surface area contributed by atoms with Crippen molar-refractivity contribution in [3.05, 3.63) is 198 Å². The normalized spacial score (nSPS) is 12.6. The maximum atomic E-state index is 9.42. The summed E-state index contributed by atoms with van der Waals surface area (Å²) >= 11 is 0. The summed E-state index contributed by atoms with van der Waals surface area (Å²) in [7, 11) is 0. The predicted molar refractivity (Wildman–Crippen MR) is 183 cm³/mol. The van der Waals surface area contributed by atoms with Crippen molar-refractivity contribution in [2.24, 2.45) is 0 Å². The Bertz CT molecular complexity index is 2170. The molecule has 8 rings (SSSR count). The number of fused-ring (bicyclic) bond motifs is 3. The molecule has 0 radical (unpaired) electrons. The molecule has 0 spiro atoms. The van der Waals surface area contributed by atoms with Crippen molar-refractivity contribution in [3.8, 4) is 50.6 Å². The summed E-state index contributed by atoms with van der Waals surface area (Å²) in [5.41, 5.74) is 14.3. The van der Waals surface area contributed by atoms with Gasteiger partial charge < -0.3 is 0 Å². The third-order valence-corrected chi connectivity index (χ3v) is 9.05. The van der Waals surface area contributed by atoms with E-state index in [1.165, 1.54) is 44.5 Å². The van der Waals surface area contributed by atoms with Crippen LogP contribution in [-0.2, 0) is 5.41 Å². The van der Waals surface area contributed by atoms with Crippen LogP contribution < -0.4 is 0 Å². The van der Waals surface area contributed by atoms with Crippen molar-refractivity contribution < 1.29 is 0 Å². The smallest absolute Gasteiger partial charge is 0.101 e. The Balaban J connectivity index is 1.37. The molecule has 1 heterocycles. The first-order valence-corrected chi connectivity index (χ1v) is 15.2. The first kappa shape index (κ1) is 26.6. The van der Waals surface area contributed by atoms with Gasteiger partial charge >= 0.3 is 0 Å². The van der Waals surface area contributed by atoms with Crippen molar-refractivity contribution in [3.63, 3.8) is 0 Å². The second-order valence-corrected chi connectivity index (χ2v) is 11.5. The summed E-state index contributed by atoms with van der Waals surface area (Å²) in [4.78, 5) is 4.29. The van der Waals surface area contributed by atoms with Gasteiger partial charge in [-0.25, -0.2) is 0 Å². The lowest BCUT2D eigenvalue weighted by molar-refractivity contribution is 0.768. The molecule has 0 aliphatic heterocycles. The summed E-state index contributed by atoms with van der Waals surface area (Å²) in [5, 5.41) is 9.42. The fourth-order valence-electron chi connectivity index (χ4n) is 7.03. The zero-order chi connectivity index (χ0) is 30.2. The third-order valence-electron chi connectivity index (χ3n) is 9.05. The second kappa shape index (κ2) is 10.9. The van der Waals surface area contributed by atoms with Crippen molar-refractivity contribution >= 4 is 0 Å². The number of benzene rings is 6. The number of hydrogen-bond acceptors (Lipinski definition) is 2. The molecule has 0 amide bonds. The zero-order valence-corrected chi connectivity index (χ0v) is 24.6. The molecule has 0 atom stereocenters. The maximum Gasteiger partial charge on any atom is 0.101 e. The molecule has 0 fully saturated rings. The first-order chi connectivity index (χ1) is 22.3. The van der Waals surface area contributed by atoms with Crippen LogP contribution in [0.4, 0.5) is 0 Å². The van der Waals surface area contributed by atoms with Crippen LogP contribution in [0, 0.1) is 11.3 Å². The first-order valence-electron chi connectivity index (χ1n) is 15.2. The van der Waals surface area contributed by atoms with E-state index in [0.717, 1.165) is 22.3 Å². The molecule has 0 N–H and O–H groups in total. The van der Waals surface area contributed by atoms with Gasteiger partial charge in [0.15, 0.2) is 0 Å². The number of aromatic nitrogens is 1. The van der Waals surface area contributed by atoms with Gasteiger partial charge in [0.05, 0.1) is 11.0 Å². The predicted octanol–water partition coefficient (Wildman–Crippen LogP) is 10.3. The van der Waals surface area contributed by atoms with Crippen molar-refractivity contribution in [1.29, 1.82) is 5.26 Å². The van der Waals surface area contributed by atoms with E-state index in [1.807, 2.05) is 12.3 Å². The van der Waals surface area contributed by atoms with Gasteiger partial charge in [0, 0.05) is 18.0 Å². The van der Waals surface area contributed by atoms with Crippen LogP contribution in [0.25, 0.3) is 44.5 Å². The Labute approximate surface area is 263 Å². The summed E-state index contributed by atoms with van der Waals surface area (Å²) in [6.45, 7) is 0. The Kier molecular flexibility index (Phi) is 6.44. The summed E-state index contributed by atoms with van der Waals surface area (Å²) in [6, 6.07) is 59.0. The van der Waals surface area contributed by atoms with Crippen LogP contribution in [0.3, 0.4) is 0 Å². The van der Waals surface area contributed by atoms with Gasteiger partial charge in [0.2, 0.25) is 0 Å². The average molecular weight is 573 g/mol. The quantitative estimate of drug-likeness (QED) is 0.206. The molecule has 0 unspecified atom stereocenters. The molecule has 7 aromatic rings. The molecule has 1 aliphatic carbocycles. The second-order valence-electron chi connectivity index (χ2n) is 11.5. The van der Waals surface area contributed by atoms with Crippen LogP contribution in [0.2, 0.25) is 0 Å². The van der Waals surface area contributed by atoms with Crippen molar-refractivity contribution in [2.75, 3.05) is 0 Å². The molecule has 2 nitrogen and oxygen atoms in total. The molecular weight excluding hydrogens is 544 g/mol. The van der Waals surface area contributed by atoms with E-state index in [9.17, 15) is 5.26 Å². The van der Waals surface area contributed by atoms with Crippen molar-refractivity contribution in [1.82, 2.24) is 4.98 Å². The van der Waals surface area contributed by atoms with Gasteiger partial charge in [-0.05, 0) is 85.5 Å². The molecule has 0 bridgehead atoms. The van der Waals surface area contributed by atoms with Gasteiger partial charge in [-0.1, -0.05) is 133 Å². The molecule has 45 heavy (non-hydrogen) atoms. The lowest BCUT2D eigenvalue weighted by atomic mass is 9.67. The third kappa shape index (κ3) is 4.37. The van der Waals surface area contributed by atoms with Gasteiger partial charge in [-0.15, -0.1) is 0 Å². The van der Waals surface area contributed by atoms with E-state index in [0.29, 0.717) is 5.56 Å². The van der Waals surface area contributed by atoms with E-state index < -0.39 is 5.41 Å². The minimum absolute atomic E-state index is 0.452. The number of rotatable bonds is 5. The standard InChI is InChI=1S/C43H28N2/c44-27-30-23-36(29-45-28-30)33-14-10-13-32(24-33)35-20-22-42-40(26-35)39-25-34(31-11-4-1-5-12-31)19-21-41(39)43(42,37-15-6-2-7-16-37)38-17-8-3-9-18-38/h1-26,28-29H. The highest BCUT2D eigenvalue weighted by molar-refractivity contribution is 5.91. The summed E-state index contributed by atoms with van der Waals surface area (Å²) < 4.78 is 0. The molecular formula is C43H28N2. The van der Waals surface area contributed by atoms with E-state index in [1.54, 1.807) is 6.20 Å². The topological polar surface area (TPSA) is 36.7 Å². The van der Waals surface area contributed by atoms with Crippen LogP contribution >= 0.6 is 0 Å². The number of nitrogens with zero attached hydrogens (tertiary/aromatic N) is 2. The fraction of sp³-hybridized carbons (Fsp3) is 0.0233. The Morgan fingerprint density at radius 1 is 0.422 bits per heavy atom. The van der Waals surface area contributed by atoms with Crippen molar-refractivity contribution in [2.45, 2.75) is 5.41 Å². The molecule has 6 aromatic carbocycles. The molecule has 1 aromatic heterocycles. The maximum absolute atomic E-state index is 9.42. The summed E-state index contributed by atoms with van der Waals surface area (Å²) in [6.07, 6.45) is 3.42. The highest BCUT2D eigenvalue weighted by atomic mass is 14.6. The van der Waals surface area contributed by atoms with Gasteiger partial charge in [0.25, 0.3) is 0 Å². The van der Waals surface area contributed by atoms with E-state index in [-0.39, 0.29) is 0 Å². The largest absolute Gasteiger partial charge is 0.263 e. The lowest BCUT2D eigenvalue weighted by Crippen LogP contribution is -2.28. The van der Waals surface area contributed by atoms with Gasteiger partial charge in [0.1, 0.15) is 6.07 Å². The van der Waals surface area contributed by atoms with E-state index in [4.69, 9.17) is 0 Å². The number of pyridine rings is 1. The average Bonchev–Trinajstić information content (AvgIpc) is 3.42. The molecule has 2 heteroatoms. The summed E-state index contributed by atoms with van der Waals surface area (Å²) in [5.74, 6) is 0. The molecule has 1 aliphatic rings. The highest BCUT2D eigenvalue weighted by Gasteiger charge is 2.46. The zero-order valence-electron chi connectivity index (χ0n) is 24.6. The van der Waals surface area contributed by atoms with E-state index in [2.05, 4.69) is 163 Å². The van der Waals surface area contributed by atoms with Crippen LogP contribution in [-0.4, -0.2) is 4.98 Å². The fourth-order valence-corrected chi connectivity index (χ4v) is 7.03. The molecule has 0 saturated carbocycles. The van der Waals surface area contributed by atoms with Crippen LogP contribution in [0.1, 0.15) is 27.8 Å². The Morgan fingerprint density at radius 2 is 0.911 bits per heavy atom. The SMILES string of the molecule is N#Cc1cncc(-c2cccc(-c3ccc4c(c3)-c3cc(-c5ccccc5)ccc3C4(c3ccccc3)c3ccccc3)c2)c1.